The van der Waals surface area contributed by atoms with E-state index in [1.165, 1.54) is 105 Å². The SMILES string of the molecule is CC(C)(C)c1ccc(-c2ccc(N(c3ccc4c(c3)-c3ccccc3C4(C)C)c3ccc4ccccc4c3-c3cccc(-c4ccc5c(c4)C(C)(C)c4ccccc4-5)c3)cc2-c2ccccc2)cc1. The molecule has 334 valence electrons. The largest absolute Gasteiger partial charge is 0.310 e. The number of benzene rings is 10. The van der Waals surface area contributed by atoms with Crippen LogP contribution in [-0.2, 0) is 16.2 Å². The van der Waals surface area contributed by atoms with E-state index in [9.17, 15) is 0 Å². The molecule has 0 aliphatic heterocycles. The highest BCUT2D eigenvalue weighted by molar-refractivity contribution is 6.06. The minimum Gasteiger partial charge on any atom is -0.310 e. The van der Waals surface area contributed by atoms with Crippen LogP contribution in [0.1, 0.15) is 76.3 Å². The molecule has 2 aliphatic rings. The predicted octanol–water partition coefficient (Wildman–Crippen LogP) is 18.9. The Hall–Kier alpha value is -7.74. The Morgan fingerprint density at radius 3 is 1.59 bits per heavy atom. The molecular weight excluding hydrogens is 831 g/mol. The highest BCUT2D eigenvalue weighted by Gasteiger charge is 2.37. The third-order valence-corrected chi connectivity index (χ3v) is 15.4. The fourth-order valence-corrected chi connectivity index (χ4v) is 11.7. The Morgan fingerprint density at radius 1 is 0.333 bits per heavy atom. The van der Waals surface area contributed by atoms with Crippen LogP contribution in [0, 0.1) is 0 Å². The molecule has 12 rings (SSSR count). The zero-order valence-electron chi connectivity index (χ0n) is 40.7. The molecule has 0 fully saturated rings. The summed E-state index contributed by atoms with van der Waals surface area (Å²) in [5.74, 6) is 0. The second-order valence-electron chi connectivity index (χ2n) is 21.4. The molecule has 1 nitrogen and oxygen atoms in total. The molecule has 0 unspecified atom stereocenters. The molecule has 0 saturated heterocycles. The van der Waals surface area contributed by atoms with Crippen molar-refractivity contribution in [3.63, 3.8) is 0 Å². The smallest absolute Gasteiger partial charge is 0.0546 e. The first-order chi connectivity index (χ1) is 33.4. The zero-order chi connectivity index (χ0) is 47.2. The molecule has 0 radical (unpaired) electrons. The van der Waals surface area contributed by atoms with Gasteiger partial charge in [0, 0.05) is 27.8 Å². The molecule has 69 heavy (non-hydrogen) atoms. The van der Waals surface area contributed by atoms with Gasteiger partial charge in [-0.25, -0.2) is 0 Å². The molecule has 0 amide bonds. The maximum Gasteiger partial charge on any atom is 0.0546 e. The van der Waals surface area contributed by atoms with Crippen LogP contribution < -0.4 is 4.90 Å². The van der Waals surface area contributed by atoms with Crippen molar-refractivity contribution in [1.82, 2.24) is 0 Å². The third-order valence-electron chi connectivity index (χ3n) is 15.4. The molecule has 0 N–H and O–H groups in total. The highest BCUT2D eigenvalue weighted by Crippen LogP contribution is 2.53. The number of rotatable bonds is 7. The van der Waals surface area contributed by atoms with Gasteiger partial charge in [-0.1, -0.05) is 224 Å². The number of hydrogen-bond acceptors (Lipinski definition) is 1. The maximum atomic E-state index is 2.52. The van der Waals surface area contributed by atoms with Crippen LogP contribution >= 0.6 is 0 Å². The van der Waals surface area contributed by atoms with E-state index in [4.69, 9.17) is 0 Å². The summed E-state index contributed by atoms with van der Waals surface area (Å²) in [7, 11) is 0. The van der Waals surface area contributed by atoms with Crippen molar-refractivity contribution in [2.24, 2.45) is 0 Å². The lowest BCUT2D eigenvalue weighted by atomic mass is 9.81. The first kappa shape index (κ1) is 42.6. The van der Waals surface area contributed by atoms with Crippen LogP contribution in [0.4, 0.5) is 17.1 Å². The minimum absolute atomic E-state index is 0.0679. The van der Waals surface area contributed by atoms with Crippen LogP contribution in [0.5, 0.6) is 0 Å². The predicted molar refractivity (Wildman–Crippen MR) is 294 cm³/mol. The Kier molecular flexibility index (Phi) is 9.84. The molecule has 1 heteroatoms. The zero-order valence-corrected chi connectivity index (χ0v) is 40.7. The first-order valence-electron chi connectivity index (χ1n) is 24.6. The molecule has 0 aromatic heterocycles. The standard InChI is InChI=1S/C68H57N/c1-66(2,3)50-32-28-46(29-33-50)53-37-34-51(42-58(53)44-18-9-8-10-19-44)69(52-35-38-62-59(43-52)56-25-14-16-27-61(56)67(62,4)5)64-39-31-45-20-11-12-23-54(45)65(64)49-22-17-21-47(40-49)48-30-36-57-55-24-13-15-26-60(55)68(6,7)63(57)41-48/h8-43H,1-7H3. The Balaban J connectivity index is 1.08. The highest BCUT2D eigenvalue weighted by atomic mass is 15.1. The summed E-state index contributed by atoms with van der Waals surface area (Å²) in [4.78, 5) is 2.52. The van der Waals surface area contributed by atoms with Crippen molar-refractivity contribution in [3.8, 4) is 66.8 Å². The Morgan fingerprint density at radius 2 is 0.855 bits per heavy atom. The number of anilines is 3. The first-order valence-corrected chi connectivity index (χ1v) is 24.6. The van der Waals surface area contributed by atoms with Crippen molar-refractivity contribution >= 4 is 27.8 Å². The van der Waals surface area contributed by atoms with E-state index in [1.54, 1.807) is 0 Å². The third kappa shape index (κ3) is 6.97. The van der Waals surface area contributed by atoms with Gasteiger partial charge in [-0.05, 0) is 148 Å². The van der Waals surface area contributed by atoms with Crippen molar-refractivity contribution in [3.05, 3.63) is 246 Å². The van der Waals surface area contributed by atoms with Gasteiger partial charge in [0.15, 0.2) is 0 Å². The van der Waals surface area contributed by atoms with E-state index in [1.807, 2.05) is 0 Å². The van der Waals surface area contributed by atoms with Crippen LogP contribution in [0.25, 0.3) is 77.5 Å². The molecule has 10 aromatic carbocycles. The van der Waals surface area contributed by atoms with E-state index < -0.39 is 0 Å². The summed E-state index contributed by atoms with van der Waals surface area (Å²) in [6.45, 7) is 16.3. The minimum atomic E-state index is -0.107. The van der Waals surface area contributed by atoms with Crippen LogP contribution in [0.15, 0.2) is 218 Å². The summed E-state index contributed by atoms with van der Waals surface area (Å²) in [6.07, 6.45) is 0. The van der Waals surface area contributed by atoms with Gasteiger partial charge < -0.3 is 4.90 Å². The fourth-order valence-electron chi connectivity index (χ4n) is 11.7. The molecular formula is C68H57N. The van der Waals surface area contributed by atoms with Crippen molar-refractivity contribution in [2.45, 2.75) is 64.7 Å². The van der Waals surface area contributed by atoms with Crippen LogP contribution in [-0.4, -0.2) is 0 Å². The summed E-state index contributed by atoms with van der Waals surface area (Å²) >= 11 is 0. The van der Waals surface area contributed by atoms with Gasteiger partial charge in [0.05, 0.1) is 5.69 Å². The lowest BCUT2D eigenvalue weighted by molar-refractivity contribution is 0.590. The van der Waals surface area contributed by atoms with Gasteiger partial charge in [0.25, 0.3) is 0 Å². The number of fused-ring (bicyclic) bond motifs is 7. The summed E-state index contributed by atoms with van der Waals surface area (Å²) in [5, 5.41) is 2.43. The monoisotopic (exact) mass is 887 g/mol. The van der Waals surface area contributed by atoms with Crippen molar-refractivity contribution in [2.75, 3.05) is 4.90 Å². The van der Waals surface area contributed by atoms with Gasteiger partial charge in [-0.15, -0.1) is 0 Å². The lowest BCUT2D eigenvalue weighted by Gasteiger charge is -2.30. The van der Waals surface area contributed by atoms with E-state index in [0.717, 1.165) is 17.1 Å². The van der Waals surface area contributed by atoms with Crippen LogP contribution in [0.2, 0.25) is 0 Å². The lowest BCUT2D eigenvalue weighted by Crippen LogP contribution is -2.15. The van der Waals surface area contributed by atoms with E-state index >= 15 is 0 Å². The molecule has 10 aromatic rings. The van der Waals surface area contributed by atoms with E-state index in [2.05, 4.69) is 272 Å². The summed E-state index contributed by atoms with van der Waals surface area (Å²) in [6, 6.07) is 82.2. The molecule has 2 aliphatic carbocycles. The maximum absolute atomic E-state index is 2.52. The Labute approximate surface area is 408 Å². The number of nitrogens with zero attached hydrogens (tertiary/aromatic N) is 1. The second kappa shape index (κ2) is 15.9. The van der Waals surface area contributed by atoms with E-state index in [0.29, 0.717) is 0 Å². The second-order valence-corrected chi connectivity index (χ2v) is 21.4. The summed E-state index contributed by atoms with van der Waals surface area (Å²) < 4.78 is 0. The fraction of sp³-hybridized carbons (Fsp3) is 0.147. The van der Waals surface area contributed by atoms with Gasteiger partial charge in [-0.2, -0.15) is 0 Å². The van der Waals surface area contributed by atoms with Gasteiger partial charge in [0.1, 0.15) is 0 Å². The number of hydrogen-bond donors (Lipinski definition) is 0. The Bertz CT molecular complexity index is 3640. The van der Waals surface area contributed by atoms with Crippen molar-refractivity contribution in [1.29, 1.82) is 0 Å². The molecule has 0 heterocycles. The van der Waals surface area contributed by atoms with E-state index in [-0.39, 0.29) is 16.2 Å². The quantitative estimate of drug-likeness (QED) is 0.154. The molecule has 0 bridgehead atoms. The molecule has 0 saturated carbocycles. The average Bonchev–Trinajstić information content (AvgIpc) is 3.75. The molecule has 0 spiro atoms. The molecule has 0 atom stereocenters. The van der Waals surface area contributed by atoms with Crippen molar-refractivity contribution < 1.29 is 0 Å². The average molecular weight is 888 g/mol. The summed E-state index contributed by atoms with van der Waals surface area (Å²) in [5.41, 5.74) is 25.0. The van der Waals surface area contributed by atoms with Gasteiger partial charge in [-0.3, -0.25) is 0 Å². The van der Waals surface area contributed by atoms with Gasteiger partial charge in [0.2, 0.25) is 0 Å². The topological polar surface area (TPSA) is 3.24 Å². The normalized spacial score (nSPS) is 14.0. The van der Waals surface area contributed by atoms with Crippen LogP contribution in [0.3, 0.4) is 0 Å². The van der Waals surface area contributed by atoms with Gasteiger partial charge >= 0.3 is 0 Å².